The van der Waals surface area contributed by atoms with Gasteiger partial charge in [-0.1, -0.05) is 18.6 Å². The fourth-order valence-electron chi connectivity index (χ4n) is 2.39. The molecule has 0 saturated carbocycles. The van der Waals surface area contributed by atoms with Crippen molar-refractivity contribution < 1.29 is 0 Å². The number of rotatable bonds is 5. The minimum Gasteiger partial charge on any atom is -0.305 e. The SMILES string of the molecule is CCCNC(C1=CCCCC1)c1cnc(C)cn1. The van der Waals surface area contributed by atoms with Gasteiger partial charge in [-0.3, -0.25) is 9.97 Å². The first-order chi connectivity index (χ1) is 8.81. The molecule has 3 heteroatoms. The fraction of sp³-hybridized carbons (Fsp3) is 0.600. The monoisotopic (exact) mass is 245 g/mol. The molecule has 0 saturated heterocycles. The number of allylic oxidation sites excluding steroid dienone is 1. The summed E-state index contributed by atoms with van der Waals surface area (Å²) < 4.78 is 0. The molecule has 1 aliphatic rings. The van der Waals surface area contributed by atoms with E-state index >= 15 is 0 Å². The lowest BCUT2D eigenvalue weighted by Gasteiger charge is -2.23. The van der Waals surface area contributed by atoms with Crippen LogP contribution in [-0.4, -0.2) is 16.5 Å². The average molecular weight is 245 g/mol. The zero-order valence-corrected chi connectivity index (χ0v) is 11.4. The first-order valence-electron chi connectivity index (χ1n) is 7.02. The van der Waals surface area contributed by atoms with Crippen LogP contribution >= 0.6 is 0 Å². The first kappa shape index (κ1) is 13.2. The van der Waals surface area contributed by atoms with Crippen molar-refractivity contribution >= 4 is 0 Å². The average Bonchev–Trinajstić information content (AvgIpc) is 2.42. The summed E-state index contributed by atoms with van der Waals surface area (Å²) in [5, 5.41) is 3.60. The Morgan fingerprint density at radius 2 is 2.17 bits per heavy atom. The maximum absolute atomic E-state index is 4.54. The highest BCUT2D eigenvalue weighted by molar-refractivity contribution is 5.22. The number of hydrogen-bond donors (Lipinski definition) is 1. The van der Waals surface area contributed by atoms with E-state index in [1.807, 2.05) is 19.3 Å². The van der Waals surface area contributed by atoms with Crippen LogP contribution in [-0.2, 0) is 0 Å². The van der Waals surface area contributed by atoms with Gasteiger partial charge in [0.1, 0.15) is 0 Å². The van der Waals surface area contributed by atoms with Gasteiger partial charge >= 0.3 is 0 Å². The van der Waals surface area contributed by atoms with Gasteiger partial charge in [0.05, 0.1) is 23.6 Å². The van der Waals surface area contributed by atoms with E-state index in [1.54, 1.807) is 0 Å². The highest BCUT2D eigenvalue weighted by Gasteiger charge is 2.18. The Morgan fingerprint density at radius 3 is 2.78 bits per heavy atom. The molecule has 0 amide bonds. The maximum Gasteiger partial charge on any atom is 0.0798 e. The van der Waals surface area contributed by atoms with Gasteiger partial charge in [-0.15, -0.1) is 0 Å². The van der Waals surface area contributed by atoms with Crippen LogP contribution in [0.3, 0.4) is 0 Å². The second-order valence-electron chi connectivity index (χ2n) is 4.99. The molecule has 1 heterocycles. The molecular formula is C15H23N3. The van der Waals surface area contributed by atoms with E-state index in [1.165, 1.54) is 31.3 Å². The zero-order chi connectivity index (χ0) is 12.8. The van der Waals surface area contributed by atoms with Crippen LogP contribution in [0.4, 0.5) is 0 Å². The van der Waals surface area contributed by atoms with Crippen molar-refractivity contribution in [2.75, 3.05) is 6.54 Å². The fourth-order valence-corrected chi connectivity index (χ4v) is 2.39. The number of aromatic nitrogens is 2. The van der Waals surface area contributed by atoms with E-state index in [-0.39, 0.29) is 6.04 Å². The third-order valence-corrected chi connectivity index (χ3v) is 3.39. The number of aryl methyl sites for hydroxylation is 1. The Bertz CT molecular complexity index is 395. The molecular weight excluding hydrogens is 222 g/mol. The summed E-state index contributed by atoms with van der Waals surface area (Å²) >= 11 is 0. The summed E-state index contributed by atoms with van der Waals surface area (Å²) in [5.41, 5.74) is 3.53. The first-order valence-corrected chi connectivity index (χ1v) is 7.02. The Labute approximate surface area is 110 Å². The van der Waals surface area contributed by atoms with Gasteiger partial charge in [-0.05, 0) is 45.6 Å². The molecule has 2 rings (SSSR count). The Hall–Kier alpha value is -1.22. The minimum absolute atomic E-state index is 0.262. The molecule has 1 aromatic heterocycles. The second kappa shape index (κ2) is 6.64. The van der Waals surface area contributed by atoms with Gasteiger partial charge in [-0.2, -0.15) is 0 Å². The van der Waals surface area contributed by atoms with Crippen molar-refractivity contribution in [3.05, 3.63) is 35.4 Å². The van der Waals surface area contributed by atoms with E-state index < -0.39 is 0 Å². The molecule has 98 valence electrons. The van der Waals surface area contributed by atoms with E-state index in [0.29, 0.717) is 0 Å². The van der Waals surface area contributed by atoms with Crippen molar-refractivity contribution in [3.8, 4) is 0 Å². The number of nitrogens with zero attached hydrogens (tertiary/aromatic N) is 2. The van der Waals surface area contributed by atoms with Crippen molar-refractivity contribution in [2.24, 2.45) is 0 Å². The smallest absolute Gasteiger partial charge is 0.0798 e. The summed E-state index contributed by atoms with van der Waals surface area (Å²) in [6.45, 7) is 5.20. The molecule has 1 N–H and O–H groups in total. The predicted molar refractivity (Wildman–Crippen MR) is 74.4 cm³/mol. The van der Waals surface area contributed by atoms with Gasteiger partial charge in [-0.25, -0.2) is 0 Å². The van der Waals surface area contributed by atoms with Crippen LogP contribution in [0.2, 0.25) is 0 Å². The second-order valence-corrected chi connectivity index (χ2v) is 4.99. The summed E-state index contributed by atoms with van der Waals surface area (Å²) in [5.74, 6) is 0. The van der Waals surface area contributed by atoms with Gasteiger partial charge < -0.3 is 5.32 Å². The number of hydrogen-bond acceptors (Lipinski definition) is 3. The van der Waals surface area contributed by atoms with Gasteiger partial charge in [0.25, 0.3) is 0 Å². The number of nitrogens with one attached hydrogen (secondary N) is 1. The lowest BCUT2D eigenvalue weighted by molar-refractivity contribution is 0.535. The maximum atomic E-state index is 4.54. The van der Waals surface area contributed by atoms with Crippen LogP contribution in [0.25, 0.3) is 0 Å². The van der Waals surface area contributed by atoms with Gasteiger partial charge in [0.15, 0.2) is 0 Å². The van der Waals surface area contributed by atoms with Crippen LogP contribution in [0, 0.1) is 6.92 Å². The molecule has 18 heavy (non-hydrogen) atoms. The molecule has 0 aliphatic heterocycles. The molecule has 1 aromatic rings. The molecule has 0 bridgehead atoms. The molecule has 0 spiro atoms. The lowest BCUT2D eigenvalue weighted by Crippen LogP contribution is -2.25. The minimum atomic E-state index is 0.262. The molecule has 1 aliphatic carbocycles. The zero-order valence-electron chi connectivity index (χ0n) is 11.4. The van der Waals surface area contributed by atoms with E-state index in [2.05, 4.69) is 28.3 Å². The largest absolute Gasteiger partial charge is 0.305 e. The summed E-state index contributed by atoms with van der Waals surface area (Å²) in [7, 11) is 0. The summed E-state index contributed by atoms with van der Waals surface area (Å²) in [6, 6.07) is 0.262. The normalized spacial score (nSPS) is 17.3. The lowest BCUT2D eigenvalue weighted by atomic mass is 9.92. The summed E-state index contributed by atoms with van der Waals surface area (Å²) in [4.78, 5) is 8.91. The Kier molecular flexibility index (Phi) is 4.88. The molecule has 1 unspecified atom stereocenters. The standard InChI is InChI=1S/C15H23N3/c1-3-9-16-15(13-7-5-4-6-8-13)14-11-17-12(2)10-18-14/h7,10-11,15-16H,3-6,8-9H2,1-2H3. The van der Waals surface area contributed by atoms with Crippen LogP contribution < -0.4 is 5.32 Å². The third kappa shape index (κ3) is 3.39. The molecule has 0 radical (unpaired) electrons. The van der Waals surface area contributed by atoms with Crippen LogP contribution in [0.1, 0.15) is 56.5 Å². The quantitative estimate of drug-likeness (QED) is 0.809. The Morgan fingerprint density at radius 1 is 1.28 bits per heavy atom. The topological polar surface area (TPSA) is 37.8 Å². The predicted octanol–water partition coefficient (Wildman–Crippen LogP) is 3.33. The van der Waals surface area contributed by atoms with Crippen molar-refractivity contribution in [1.82, 2.24) is 15.3 Å². The van der Waals surface area contributed by atoms with Crippen LogP contribution in [0.15, 0.2) is 24.0 Å². The van der Waals surface area contributed by atoms with Gasteiger partial charge in [0.2, 0.25) is 0 Å². The molecule has 1 atom stereocenters. The van der Waals surface area contributed by atoms with E-state index in [4.69, 9.17) is 0 Å². The highest BCUT2D eigenvalue weighted by Crippen LogP contribution is 2.28. The molecule has 0 fully saturated rings. The van der Waals surface area contributed by atoms with E-state index in [0.717, 1.165) is 24.4 Å². The Balaban J connectivity index is 2.18. The third-order valence-electron chi connectivity index (χ3n) is 3.39. The van der Waals surface area contributed by atoms with Crippen LogP contribution in [0.5, 0.6) is 0 Å². The van der Waals surface area contributed by atoms with Crippen molar-refractivity contribution in [3.63, 3.8) is 0 Å². The van der Waals surface area contributed by atoms with Crippen molar-refractivity contribution in [2.45, 2.75) is 52.0 Å². The van der Waals surface area contributed by atoms with E-state index in [9.17, 15) is 0 Å². The van der Waals surface area contributed by atoms with Crippen molar-refractivity contribution in [1.29, 1.82) is 0 Å². The molecule has 0 aromatic carbocycles. The summed E-state index contributed by atoms with van der Waals surface area (Å²) in [6.07, 6.45) is 12.3. The molecule has 3 nitrogen and oxygen atoms in total. The van der Waals surface area contributed by atoms with Gasteiger partial charge in [0, 0.05) is 6.20 Å². The highest BCUT2D eigenvalue weighted by atomic mass is 15.0.